The van der Waals surface area contributed by atoms with Crippen molar-refractivity contribution in [1.29, 1.82) is 0 Å². The van der Waals surface area contributed by atoms with Crippen LogP contribution in [-0.4, -0.2) is 20.1 Å². The lowest BCUT2D eigenvalue weighted by Gasteiger charge is -2.17. The molecule has 2 N–H and O–H groups in total. The lowest BCUT2D eigenvalue weighted by atomic mass is 9.89. The van der Waals surface area contributed by atoms with Crippen LogP contribution in [-0.2, 0) is 0 Å². The van der Waals surface area contributed by atoms with Crippen LogP contribution >= 0.6 is 11.3 Å². The smallest absolute Gasteiger partial charge is 0.406 e. The normalized spacial score (nSPS) is 11.5. The molecule has 1 rings (SSSR count). The van der Waals surface area contributed by atoms with Gasteiger partial charge in [0.15, 0.2) is 0 Å². The van der Waals surface area contributed by atoms with E-state index < -0.39 is 15.1 Å². The molecule has 0 radical (unpaired) electrons. The topological polar surface area (TPSA) is 32.3 Å². The van der Waals surface area contributed by atoms with E-state index in [4.69, 9.17) is 0 Å². The highest BCUT2D eigenvalue weighted by molar-refractivity contribution is 7.26. The van der Waals surface area contributed by atoms with E-state index in [-0.39, 0.29) is 0 Å². The first-order valence-electron chi connectivity index (χ1n) is 4.44. The molecule has 0 saturated heterocycles. The molecule has 0 saturated carbocycles. The SMILES string of the molecule is CB(O)Nc1ccsc1[Si](C)(C)C. The lowest BCUT2D eigenvalue weighted by molar-refractivity contribution is 0.587. The lowest BCUT2D eigenvalue weighted by Crippen LogP contribution is -2.38. The Balaban J connectivity index is 2.90. The van der Waals surface area contributed by atoms with Crippen molar-refractivity contribution in [3.63, 3.8) is 0 Å². The van der Waals surface area contributed by atoms with E-state index in [0.29, 0.717) is 0 Å². The molecule has 0 aromatic carbocycles. The molecule has 0 bridgehead atoms. The van der Waals surface area contributed by atoms with Gasteiger partial charge in [-0.15, -0.1) is 0 Å². The standard InChI is InChI=1S/C8H16BNOSSi/c1-9(11)10-7-5-6-12-8(7)13(2,3)4/h5-6,10-11H,1-4H3. The maximum atomic E-state index is 9.22. The van der Waals surface area contributed by atoms with Crippen LogP contribution in [0.2, 0.25) is 26.5 Å². The van der Waals surface area contributed by atoms with Crippen molar-refractivity contribution < 1.29 is 5.02 Å². The fourth-order valence-corrected chi connectivity index (χ4v) is 4.40. The minimum Gasteiger partial charge on any atom is -0.433 e. The Bertz CT molecular complexity index is 282. The van der Waals surface area contributed by atoms with Crippen LogP contribution in [0.1, 0.15) is 0 Å². The number of thiophene rings is 1. The van der Waals surface area contributed by atoms with Crippen molar-refractivity contribution in [2.75, 3.05) is 5.23 Å². The molecule has 0 aliphatic rings. The highest BCUT2D eigenvalue weighted by Gasteiger charge is 2.22. The summed E-state index contributed by atoms with van der Waals surface area (Å²) in [6, 6.07) is 2.05. The van der Waals surface area contributed by atoms with E-state index in [9.17, 15) is 5.02 Å². The summed E-state index contributed by atoms with van der Waals surface area (Å²) in [5.74, 6) is 0. The van der Waals surface area contributed by atoms with Crippen LogP contribution in [0.5, 0.6) is 0 Å². The molecule has 0 atom stereocenters. The van der Waals surface area contributed by atoms with Crippen LogP contribution in [0.25, 0.3) is 0 Å². The Hall–Kier alpha value is -0.258. The van der Waals surface area contributed by atoms with Crippen molar-refractivity contribution in [3.8, 4) is 0 Å². The summed E-state index contributed by atoms with van der Waals surface area (Å²) in [5.41, 5.74) is 1.11. The second-order valence-electron chi connectivity index (χ2n) is 4.23. The van der Waals surface area contributed by atoms with E-state index >= 15 is 0 Å². The molecule has 1 aromatic rings. The summed E-state index contributed by atoms with van der Waals surface area (Å²) in [6.45, 7) is 8.68. The summed E-state index contributed by atoms with van der Waals surface area (Å²) in [6.07, 6.45) is 0. The second kappa shape index (κ2) is 3.86. The molecule has 0 aliphatic carbocycles. The molecule has 1 aromatic heterocycles. The number of anilines is 1. The highest BCUT2D eigenvalue weighted by Crippen LogP contribution is 2.17. The molecule has 5 heteroatoms. The number of hydrogen-bond acceptors (Lipinski definition) is 3. The van der Waals surface area contributed by atoms with E-state index in [2.05, 4.69) is 30.2 Å². The van der Waals surface area contributed by atoms with E-state index in [1.165, 1.54) is 4.50 Å². The fraction of sp³-hybridized carbons (Fsp3) is 0.500. The molecule has 1 heterocycles. The molecular formula is C8H16BNOSSi. The van der Waals surface area contributed by atoms with Crippen molar-refractivity contribution in [1.82, 2.24) is 0 Å². The molecule has 0 fully saturated rings. The molecule has 0 amide bonds. The minimum absolute atomic E-state index is 0.468. The van der Waals surface area contributed by atoms with Crippen molar-refractivity contribution in [2.24, 2.45) is 0 Å². The van der Waals surface area contributed by atoms with Crippen molar-refractivity contribution in [3.05, 3.63) is 11.4 Å². The van der Waals surface area contributed by atoms with E-state index in [0.717, 1.165) is 5.69 Å². The van der Waals surface area contributed by atoms with Gasteiger partial charge in [0.05, 0.1) is 8.07 Å². The maximum absolute atomic E-state index is 9.22. The Morgan fingerprint density at radius 2 is 2.08 bits per heavy atom. The van der Waals surface area contributed by atoms with Gasteiger partial charge in [0.1, 0.15) is 0 Å². The van der Waals surface area contributed by atoms with Gasteiger partial charge in [-0.05, 0) is 18.3 Å². The molecule has 0 spiro atoms. The van der Waals surface area contributed by atoms with Gasteiger partial charge in [-0.3, -0.25) is 0 Å². The third kappa shape index (κ3) is 2.86. The molecule has 2 nitrogen and oxygen atoms in total. The van der Waals surface area contributed by atoms with Gasteiger partial charge in [0.2, 0.25) is 0 Å². The predicted octanol–water partition coefficient (Wildman–Crippen LogP) is 1.82. The first kappa shape index (κ1) is 10.8. The zero-order valence-corrected chi connectivity index (χ0v) is 10.4. The van der Waals surface area contributed by atoms with Crippen LogP contribution < -0.4 is 9.73 Å². The van der Waals surface area contributed by atoms with Crippen molar-refractivity contribution >= 4 is 36.6 Å². The van der Waals surface area contributed by atoms with Gasteiger partial charge in [0.25, 0.3) is 0 Å². The van der Waals surface area contributed by atoms with Gasteiger partial charge in [0, 0.05) is 10.2 Å². The van der Waals surface area contributed by atoms with Gasteiger partial charge >= 0.3 is 7.05 Å². The first-order chi connectivity index (χ1) is 5.91. The fourth-order valence-electron chi connectivity index (χ4n) is 1.23. The number of rotatable bonds is 3. The van der Waals surface area contributed by atoms with Crippen LogP contribution in [0.4, 0.5) is 5.69 Å². The van der Waals surface area contributed by atoms with Crippen LogP contribution in [0.15, 0.2) is 11.4 Å². The highest BCUT2D eigenvalue weighted by atomic mass is 32.1. The minimum atomic E-state index is -1.25. The van der Waals surface area contributed by atoms with E-state index in [1.54, 1.807) is 18.2 Å². The monoisotopic (exact) mass is 213 g/mol. The van der Waals surface area contributed by atoms with Gasteiger partial charge in [-0.2, -0.15) is 11.3 Å². The number of hydrogen-bond donors (Lipinski definition) is 2. The van der Waals surface area contributed by atoms with Gasteiger partial charge < -0.3 is 10.3 Å². The summed E-state index contributed by atoms with van der Waals surface area (Å²) >= 11 is 1.79. The van der Waals surface area contributed by atoms with Gasteiger partial charge in [-0.25, -0.2) is 0 Å². The Kier molecular flexibility index (Phi) is 3.21. The Morgan fingerprint density at radius 1 is 1.46 bits per heavy atom. The zero-order valence-electron chi connectivity index (χ0n) is 8.59. The van der Waals surface area contributed by atoms with Crippen LogP contribution in [0.3, 0.4) is 0 Å². The average Bonchev–Trinajstić information content (AvgIpc) is 2.31. The average molecular weight is 213 g/mol. The Morgan fingerprint density at radius 3 is 2.54 bits per heavy atom. The maximum Gasteiger partial charge on any atom is 0.406 e. The third-order valence-electron chi connectivity index (χ3n) is 1.71. The third-order valence-corrected chi connectivity index (χ3v) is 6.26. The summed E-state index contributed by atoms with van der Waals surface area (Å²) in [5, 5.41) is 14.4. The quantitative estimate of drug-likeness (QED) is 0.750. The van der Waals surface area contributed by atoms with Crippen molar-refractivity contribution in [2.45, 2.75) is 26.5 Å². The summed E-state index contributed by atoms with van der Waals surface area (Å²) < 4.78 is 1.42. The molecule has 0 aliphatic heterocycles. The first-order valence-corrected chi connectivity index (χ1v) is 8.82. The second-order valence-corrected chi connectivity index (χ2v) is 10.5. The Labute approximate surface area is 85.1 Å². The van der Waals surface area contributed by atoms with Crippen LogP contribution in [0, 0.1) is 0 Å². The zero-order chi connectivity index (χ0) is 10.1. The summed E-state index contributed by atoms with van der Waals surface area (Å²) in [7, 11) is -1.72. The summed E-state index contributed by atoms with van der Waals surface area (Å²) in [4.78, 5) is 0. The molecular weight excluding hydrogens is 197 g/mol. The van der Waals surface area contributed by atoms with E-state index in [1.807, 2.05) is 6.07 Å². The predicted molar refractivity (Wildman–Crippen MR) is 64.8 cm³/mol. The molecule has 0 unspecified atom stereocenters. The molecule has 72 valence electrons. The largest absolute Gasteiger partial charge is 0.433 e. The van der Waals surface area contributed by atoms with Gasteiger partial charge in [-0.1, -0.05) is 19.6 Å². The molecule has 13 heavy (non-hydrogen) atoms. The number of nitrogens with one attached hydrogen (secondary N) is 1.